The van der Waals surface area contributed by atoms with Crippen molar-refractivity contribution in [3.8, 4) is 0 Å². The molecule has 90 valence electrons. The molecule has 0 amide bonds. The number of aliphatic hydroxyl groups excluding tert-OH is 1. The molecule has 0 fully saturated rings. The first-order valence-corrected chi connectivity index (χ1v) is 6.05. The second-order valence-electron chi connectivity index (χ2n) is 5.93. The first kappa shape index (κ1) is 13.2. The predicted octanol–water partition coefficient (Wildman–Crippen LogP) is 4.10. The van der Waals surface area contributed by atoms with Crippen LogP contribution in [0.5, 0.6) is 0 Å². The normalized spacial score (nSPS) is 15.9. The Kier molecular flexibility index (Phi) is 4.15. The minimum Gasteiger partial charge on any atom is -0.388 e. The summed E-state index contributed by atoms with van der Waals surface area (Å²) in [4.78, 5) is 0. The van der Waals surface area contributed by atoms with E-state index in [0.29, 0.717) is 5.92 Å². The van der Waals surface area contributed by atoms with Gasteiger partial charge in [0.15, 0.2) is 0 Å². The van der Waals surface area contributed by atoms with Gasteiger partial charge in [-0.15, -0.1) is 0 Å². The number of aryl methyl sites for hydroxylation is 1. The Labute approximate surface area is 99.5 Å². The van der Waals surface area contributed by atoms with Gasteiger partial charge in [-0.25, -0.2) is 0 Å². The summed E-state index contributed by atoms with van der Waals surface area (Å²) >= 11 is 0. The summed E-state index contributed by atoms with van der Waals surface area (Å²) in [6.45, 7) is 10.9. The number of rotatable bonds is 3. The maximum atomic E-state index is 10.1. The van der Waals surface area contributed by atoms with E-state index in [9.17, 15) is 5.11 Å². The van der Waals surface area contributed by atoms with Gasteiger partial charge < -0.3 is 5.11 Å². The number of hydrogen-bond acceptors (Lipinski definition) is 1. The van der Waals surface area contributed by atoms with Crippen molar-refractivity contribution in [2.45, 2.75) is 47.1 Å². The maximum absolute atomic E-state index is 10.1. The molecule has 0 bridgehead atoms. The van der Waals surface area contributed by atoms with Crippen molar-refractivity contribution in [3.63, 3.8) is 0 Å². The fraction of sp³-hybridized carbons (Fsp3) is 0.600. The van der Waals surface area contributed by atoms with Gasteiger partial charge in [0.25, 0.3) is 0 Å². The van der Waals surface area contributed by atoms with Gasteiger partial charge in [-0.1, -0.05) is 57.5 Å². The SMILES string of the molecule is Cc1ccc(C(O)CC(C)C(C)(C)C)cc1. The average Bonchev–Trinajstić information content (AvgIpc) is 2.17. The zero-order valence-electron chi connectivity index (χ0n) is 11.1. The summed E-state index contributed by atoms with van der Waals surface area (Å²) in [5.41, 5.74) is 2.52. The Morgan fingerprint density at radius 3 is 2.06 bits per heavy atom. The molecular weight excluding hydrogens is 196 g/mol. The van der Waals surface area contributed by atoms with Crippen LogP contribution in [0.3, 0.4) is 0 Å². The van der Waals surface area contributed by atoms with Gasteiger partial charge >= 0.3 is 0 Å². The van der Waals surface area contributed by atoms with Crippen LogP contribution in [0.4, 0.5) is 0 Å². The molecule has 0 aliphatic carbocycles. The van der Waals surface area contributed by atoms with Crippen molar-refractivity contribution in [2.75, 3.05) is 0 Å². The van der Waals surface area contributed by atoms with Gasteiger partial charge in [0, 0.05) is 0 Å². The third-order valence-electron chi connectivity index (χ3n) is 3.52. The summed E-state index contributed by atoms with van der Waals surface area (Å²) in [6.07, 6.45) is 0.488. The summed E-state index contributed by atoms with van der Waals surface area (Å²) in [7, 11) is 0. The Hall–Kier alpha value is -0.820. The molecule has 0 spiro atoms. The Morgan fingerprint density at radius 1 is 1.12 bits per heavy atom. The molecule has 2 unspecified atom stereocenters. The van der Waals surface area contributed by atoms with Gasteiger partial charge in [0.1, 0.15) is 0 Å². The molecule has 0 saturated heterocycles. The molecule has 1 heteroatoms. The van der Waals surface area contributed by atoms with Crippen LogP contribution in [0.1, 0.15) is 51.3 Å². The fourth-order valence-electron chi connectivity index (χ4n) is 1.61. The van der Waals surface area contributed by atoms with Crippen molar-refractivity contribution >= 4 is 0 Å². The van der Waals surface area contributed by atoms with Gasteiger partial charge in [0.05, 0.1) is 6.10 Å². The standard InChI is InChI=1S/C15H24O/c1-11-6-8-13(9-7-11)14(16)10-12(2)15(3,4)5/h6-9,12,14,16H,10H2,1-5H3. The first-order valence-electron chi connectivity index (χ1n) is 6.05. The van der Waals surface area contributed by atoms with Crippen LogP contribution in [0.2, 0.25) is 0 Å². The van der Waals surface area contributed by atoms with E-state index in [2.05, 4.69) is 46.8 Å². The van der Waals surface area contributed by atoms with Gasteiger partial charge in [-0.05, 0) is 30.2 Å². The second-order valence-corrected chi connectivity index (χ2v) is 5.93. The molecule has 0 aliphatic heterocycles. The minimum atomic E-state index is -0.338. The van der Waals surface area contributed by atoms with E-state index in [1.165, 1.54) is 5.56 Å². The molecule has 2 atom stereocenters. The Morgan fingerprint density at radius 2 is 1.62 bits per heavy atom. The lowest BCUT2D eigenvalue weighted by Gasteiger charge is -2.29. The number of aliphatic hydroxyl groups is 1. The van der Waals surface area contributed by atoms with Crippen LogP contribution < -0.4 is 0 Å². The summed E-state index contributed by atoms with van der Waals surface area (Å²) < 4.78 is 0. The zero-order valence-corrected chi connectivity index (χ0v) is 11.1. The van der Waals surface area contributed by atoms with Crippen LogP contribution >= 0.6 is 0 Å². The van der Waals surface area contributed by atoms with Crippen molar-refractivity contribution < 1.29 is 5.11 Å². The van der Waals surface area contributed by atoms with Gasteiger partial charge in [-0.3, -0.25) is 0 Å². The molecule has 1 rings (SSSR count). The van der Waals surface area contributed by atoms with Crippen LogP contribution in [0, 0.1) is 18.3 Å². The molecule has 1 nitrogen and oxygen atoms in total. The van der Waals surface area contributed by atoms with E-state index in [1.807, 2.05) is 12.1 Å². The van der Waals surface area contributed by atoms with Crippen molar-refractivity contribution in [3.05, 3.63) is 35.4 Å². The molecule has 1 N–H and O–H groups in total. The molecule has 0 saturated carbocycles. The Balaban J connectivity index is 2.65. The van der Waals surface area contributed by atoms with Crippen LogP contribution in [-0.4, -0.2) is 5.11 Å². The molecule has 1 aromatic rings. The van der Waals surface area contributed by atoms with E-state index < -0.39 is 0 Å². The second kappa shape index (κ2) is 5.01. The maximum Gasteiger partial charge on any atom is 0.0792 e. The van der Waals surface area contributed by atoms with Crippen molar-refractivity contribution in [1.82, 2.24) is 0 Å². The predicted molar refractivity (Wildman–Crippen MR) is 69.4 cm³/mol. The highest BCUT2D eigenvalue weighted by Crippen LogP contribution is 2.33. The number of benzene rings is 1. The highest BCUT2D eigenvalue weighted by atomic mass is 16.3. The van der Waals surface area contributed by atoms with Gasteiger partial charge in [0.2, 0.25) is 0 Å². The average molecular weight is 220 g/mol. The largest absolute Gasteiger partial charge is 0.388 e. The van der Waals surface area contributed by atoms with E-state index in [1.54, 1.807) is 0 Å². The molecule has 0 aliphatic rings. The summed E-state index contributed by atoms with van der Waals surface area (Å²) in [6, 6.07) is 8.16. The summed E-state index contributed by atoms with van der Waals surface area (Å²) in [5.74, 6) is 0.504. The molecule has 0 heterocycles. The van der Waals surface area contributed by atoms with Crippen LogP contribution in [0.25, 0.3) is 0 Å². The van der Waals surface area contributed by atoms with E-state index >= 15 is 0 Å². The van der Waals surface area contributed by atoms with E-state index in [4.69, 9.17) is 0 Å². The monoisotopic (exact) mass is 220 g/mol. The molecule has 1 aromatic carbocycles. The lowest BCUT2D eigenvalue weighted by Crippen LogP contribution is -2.19. The third kappa shape index (κ3) is 3.64. The van der Waals surface area contributed by atoms with Crippen LogP contribution in [-0.2, 0) is 0 Å². The quantitative estimate of drug-likeness (QED) is 0.813. The topological polar surface area (TPSA) is 20.2 Å². The van der Waals surface area contributed by atoms with E-state index in [-0.39, 0.29) is 11.5 Å². The summed E-state index contributed by atoms with van der Waals surface area (Å²) in [5, 5.41) is 10.1. The highest BCUT2D eigenvalue weighted by molar-refractivity contribution is 5.23. The van der Waals surface area contributed by atoms with Crippen molar-refractivity contribution in [1.29, 1.82) is 0 Å². The lowest BCUT2D eigenvalue weighted by atomic mass is 9.78. The highest BCUT2D eigenvalue weighted by Gasteiger charge is 2.23. The third-order valence-corrected chi connectivity index (χ3v) is 3.52. The fourth-order valence-corrected chi connectivity index (χ4v) is 1.61. The zero-order chi connectivity index (χ0) is 12.3. The molecule has 0 aromatic heterocycles. The first-order chi connectivity index (χ1) is 7.30. The number of hydrogen-bond donors (Lipinski definition) is 1. The van der Waals surface area contributed by atoms with Gasteiger partial charge in [-0.2, -0.15) is 0 Å². The van der Waals surface area contributed by atoms with E-state index in [0.717, 1.165) is 12.0 Å². The molecular formula is C15H24O. The minimum absolute atomic E-state index is 0.256. The molecule has 16 heavy (non-hydrogen) atoms. The smallest absolute Gasteiger partial charge is 0.0792 e. The van der Waals surface area contributed by atoms with Crippen molar-refractivity contribution in [2.24, 2.45) is 11.3 Å². The lowest BCUT2D eigenvalue weighted by molar-refractivity contribution is 0.111. The van der Waals surface area contributed by atoms with Crippen LogP contribution in [0.15, 0.2) is 24.3 Å². The Bertz CT molecular complexity index is 318. The molecule has 0 radical (unpaired) electrons.